The van der Waals surface area contributed by atoms with Gasteiger partial charge in [-0.05, 0) is 12.5 Å². The maximum absolute atomic E-state index is 14.0. The van der Waals surface area contributed by atoms with Crippen molar-refractivity contribution >= 4 is 23.2 Å². The maximum atomic E-state index is 14.0. The average molecular weight is 302 g/mol. The molecule has 6 heteroatoms. The molecule has 3 nitrogen and oxygen atoms in total. The molecule has 1 aromatic heterocycles. The lowest BCUT2D eigenvalue weighted by atomic mass is 10.0. The number of aryl methyl sites for hydroxylation is 1. The van der Waals surface area contributed by atoms with Gasteiger partial charge >= 0.3 is 0 Å². The van der Waals surface area contributed by atoms with Gasteiger partial charge in [0.05, 0.1) is 28.0 Å². The van der Waals surface area contributed by atoms with Crippen molar-refractivity contribution in [1.29, 1.82) is 0 Å². The number of nitrogens with zero attached hydrogens (tertiary/aromatic N) is 2. The fourth-order valence-electron chi connectivity index (χ4n) is 1.98. The molecule has 1 heterocycles. The molecular weight excluding hydrogens is 288 g/mol. The molecule has 1 atom stereocenters. The third-order valence-electron chi connectivity index (χ3n) is 2.88. The highest BCUT2D eigenvalue weighted by atomic mass is 35.5. The number of halogens is 3. The van der Waals surface area contributed by atoms with E-state index in [1.807, 2.05) is 6.92 Å². The minimum absolute atomic E-state index is 0.0469. The van der Waals surface area contributed by atoms with Crippen molar-refractivity contribution in [3.8, 4) is 0 Å². The van der Waals surface area contributed by atoms with Crippen molar-refractivity contribution in [3.05, 3.63) is 51.5 Å². The summed E-state index contributed by atoms with van der Waals surface area (Å²) >= 11 is 11.9. The molecule has 0 aliphatic carbocycles. The minimum atomic E-state index is -0.694. The van der Waals surface area contributed by atoms with Crippen LogP contribution in [0.2, 0.25) is 10.0 Å². The topological polar surface area (TPSA) is 43.8 Å². The van der Waals surface area contributed by atoms with Gasteiger partial charge in [-0.25, -0.2) is 4.39 Å². The first-order chi connectivity index (χ1) is 9.06. The summed E-state index contributed by atoms with van der Waals surface area (Å²) in [7, 11) is 0. The summed E-state index contributed by atoms with van der Waals surface area (Å²) in [6.07, 6.45) is 2.41. The lowest BCUT2D eigenvalue weighted by Gasteiger charge is -2.16. The Balaban J connectivity index is 2.46. The first kappa shape index (κ1) is 14.3. The SMILES string of the molecule is CCCn1ncc(Cl)c1C(N)c1cccc(Cl)c1F. The summed E-state index contributed by atoms with van der Waals surface area (Å²) in [5.41, 5.74) is 7.03. The smallest absolute Gasteiger partial charge is 0.146 e. The summed E-state index contributed by atoms with van der Waals surface area (Å²) in [5, 5.41) is 4.63. The highest BCUT2D eigenvalue weighted by molar-refractivity contribution is 6.31. The van der Waals surface area contributed by atoms with Crippen LogP contribution in [0.4, 0.5) is 4.39 Å². The number of hydrogen-bond acceptors (Lipinski definition) is 2. The Labute approximate surface area is 121 Å². The molecule has 19 heavy (non-hydrogen) atoms. The van der Waals surface area contributed by atoms with E-state index in [0.29, 0.717) is 22.8 Å². The highest BCUT2D eigenvalue weighted by Gasteiger charge is 2.22. The molecule has 0 fully saturated rings. The molecular formula is C13H14Cl2FN3. The Bertz CT molecular complexity index is 583. The summed E-state index contributed by atoms with van der Waals surface area (Å²) in [6, 6.07) is 4.05. The Kier molecular flexibility index (Phi) is 4.45. The second-order valence-corrected chi connectivity index (χ2v) is 5.04. The number of nitrogens with two attached hydrogens (primary N) is 1. The van der Waals surface area contributed by atoms with E-state index in [1.54, 1.807) is 16.8 Å². The van der Waals surface area contributed by atoms with Crippen LogP contribution in [0, 0.1) is 5.82 Å². The van der Waals surface area contributed by atoms with Crippen molar-refractivity contribution in [2.75, 3.05) is 0 Å². The monoisotopic (exact) mass is 301 g/mol. The Morgan fingerprint density at radius 3 is 2.79 bits per heavy atom. The number of benzene rings is 1. The van der Waals surface area contributed by atoms with Gasteiger partial charge in [0, 0.05) is 12.1 Å². The van der Waals surface area contributed by atoms with Gasteiger partial charge in [0.15, 0.2) is 0 Å². The van der Waals surface area contributed by atoms with Gasteiger partial charge in [-0.15, -0.1) is 0 Å². The van der Waals surface area contributed by atoms with Gasteiger partial charge in [0.1, 0.15) is 5.82 Å². The molecule has 0 spiro atoms. The van der Waals surface area contributed by atoms with Crippen LogP contribution in [-0.4, -0.2) is 9.78 Å². The van der Waals surface area contributed by atoms with E-state index in [2.05, 4.69) is 5.10 Å². The Morgan fingerprint density at radius 2 is 2.11 bits per heavy atom. The third kappa shape index (κ3) is 2.76. The number of hydrogen-bond donors (Lipinski definition) is 1. The lowest BCUT2D eigenvalue weighted by molar-refractivity contribution is 0.545. The van der Waals surface area contributed by atoms with E-state index in [9.17, 15) is 4.39 Å². The van der Waals surface area contributed by atoms with Crippen LogP contribution >= 0.6 is 23.2 Å². The molecule has 2 aromatic rings. The summed E-state index contributed by atoms with van der Waals surface area (Å²) in [5.74, 6) is -0.517. The number of rotatable bonds is 4. The van der Waals surface area contributed by atoms with Crippen molar-refractivity contribution in [1.82, 2.24) is 9.78 Å². The standard InChI is InChI=1S/C13H14Cl2FN3/c1-2-6-19-13(10(15)7-18-19)12(17)8-4-3-5-9(14)11(8)16/h3-5,7,12H,2,6,17H2,1H3. The molecule has 1 unspecified atom stereocenters. The van der Waals surface area contributed by atoms with Crippen LogP contribution in [0.25, 0.3) is 0 Å². The van der Waals surface area contributed by atoms with E-state index < -0.39 is 11.9 Å². The molecule has 0 saturated heterocycles. The highest BCUT2D eigenvalue weighted by Crippen LogP contribution is 2.30. The molecule has 2 rings (SSSR count). The predicted molar refractivity (Wildman–Crippen MR) is 75.0 cm³/mol. The van der Waals surface area contributed by atoms with E-state index >= 15 is 0 Å². The molecule has 2 N–H and O–H groups in total. The van der Waals surface area contributed by atoms with Crippen LogP contribution in [-0.2, 0) is 6.54 Å². The van der Waals surface area contributed by atoms with Crippen LogP contribution in [0.1, 0.15) is 30.6 Å². The molecule has 0 radical (unpaired) electrons. The first-order valence-electron chi connectivity index (χ1n) is 5.97. The normalized spacial score (nSPS) is 12.7. The molecule has 0 amide bonds. The average Bonchev–Trinajstić information content (AvgIpc) is 2.74. The van der Waals surface area contributed by atoms with Gasteiger partial charge < -0.3 is 5.73 Å². The Hall–Kier alpha value is -1.10. The van der Waals surface area contributed by atoms with E-state index in [4.69, 9.17) is 28.9 Å². The minimum Gasteiger partial charge on any atom is -0.319 e. The van der Waals surface area contributed by atoms with Crippen molar-refractivity contribution in [2.45, 2.75) is 25.9 Å². The van der Waals surface area contributed by atoms with Crippen LogP contribution < -0.4 is 5.73 Å². The number of aromatic nitrogens is 2. The van der Waals surface area contributed by atoms with Gasteiger partial charge in [-0.1, -0.05) is 42.3 Å². The lowest BCUT2D eigenvalue weighted by Crippen LogP contribution is -2.19. The van der Waals surface area contributed by atoms with Gasteiger partial charge in [0.25, 0.3) is 0 Å². The second-order valence-electron chi connectivity index (χ2n) is 4.22. The van der Waals surface area contributed by atoms with Crippen LogP contribution in [0.3, 0.4) is 0 Å². The summed E-state index contributed by atoms with van der Waals surface area (Å²) in [6.45, 7) is 2.70. The van der Waals surface area contributed by atoms with E-state index in [0.717, 1.165) is 6.42 Å². The summed E-state index contributed by atoms with van der Waals surface area (Å²) < 4.78 is 15.7. The fourth-order valence-corrected chi connectivity index (χ4v) is 2.42. The quantitative estimate of drug-likeness (QED) is 0.934. The fraction of sp³-hybridized carbons (Fsp3) is 0.308. The van der Waals surface area contributed by atoms with Gasteiger partial charge in [-0.3, -0.25) is 4.68 Å². The van der Waals surface area contributed by atoms with E-state index in [1.165, 1.54) is 12.3 Å². The zero-order valence-corrected chi connectivity index (χ0v) is 11.9. The van der Waals surface area contributed by atoms with Crippen LogP contribution in [0.15, 0.2) is 24.4 Å². The first-order valence-corrected chi connectivity index (χ1v) is 6.72. The van der Waals surface area contributed by atoms with Gasteiger partial charge in [-0.2, -0.15) is 5.10 Å². The maximum Gasteiger partial charge on any atom is 0.146 e. The molecule has 0 saturated carbocycles. The zero-order valence-electron chi connectivity index (χ0n) is 10.4. The molecule has 1 aromatic carbocycles. The Morgan fingerprint density at radius 1 is 1.37 bits per heavy atom. The van der Waals surface area contributed by atoms with E-state index in [-0.39, 0.29) is 5.02 Å². The predicted octanol–water partition coefficient (Wildman–Crippen LogP) is 3.79. The van der Waals surface area contributed by atoms with Crippen LogP contribution in [0.5, 0.6) is 0 Å². The van der Waals surface area contributed by atoms with Crippen molar-refractivity contribution in [2.24, 2.45) is 5.73 Å². The molecule has 0 bridgehead atoms. The van der Waals surface area contributed by atoms with Crippen molar-refractivity contribution < 1.29 is 4.39 Å². The largest absolute Gasteiger partial charge is 0.319 e. The second kappa shape index (κ2) is 5.90. The zero-order chi connectivity index (χ0) is 14.0. The van der Waals surface area contributed by atoms with Gasteiger partial charge in [0.2, 0.25) is 0 Å². The molecule has 0 aliphatic heterocycles. The van der Waals surface area contributed by atoms with Crippen molar-refractivity contribution in [3.63, 3.8) is 0 Å². The summed E-state index contributed by atoms with van der Waals surface area (Å²) in [4.78, 5) is 0. The third-order valence-corrected chi connectivity index (χ3v) is 3.46. The molecule has 102 valence electrons. The molecule has 0 aliphatic rings.